The van der Waals surface area contributed by atoms with Crippen LogP contribution in [-0.2, 0) is 43.5 Å². The smallest absolute Gasteiger partial charge is 0.115 e. The van der Waals surface area contributed by atoms with Gasteiger partial charge in [0.15, 0.2) is 0 Å². The quantitative estimate of drug-likeness (QED) is 0.334. The molecule has 2 aliphatic heterocycles. The molecular formula is C35H46O8. The molecule has 3 aromatic rings. The van der Waals surface area contributed by atoms with E-state index >= 15 is 0 Å². The molecule has 0 aliphatic carbocycles. The van der Waals surface area contributed by atoms with Gasteiger partial charge in [-0.1, -0.05) is 91.0 Å². The Balaban J connectivity index is 0.000000208. The second-order valence-corrected chi connectivity index (χ2v) is 11.3. The highest BCUT2D eigenvalue weighted by molar-refractivity contribution is 5.15. The highest BCUT2D eigenvalue weighted by Gasteiger charge is 2.43. The van der Waals surface area contributed by atoms with Gasteiger partial charge in [-0.3, -0.25) is 0 Å². The van der Waals surface area contributed by atoms with E-state index in [9.17, 15) is 15.3 Å². The van der Waals surface area contributed by atoms with E-state index in [0.717, 1.165) is 16.7 Å². The summed E-state index contributed by atoms with van der Waals surface area (Å²) in [6, 6.07) is 29.7. The first-order chi connectivity index (χ1) is 20.7. The van der Waals surface area contributed by atoms with Crippen LogP contribution in [0, 0.1) is 0 Å². The van der Waals surface area contributed by atoms with Crippen molar-refractivity contribution in [2.45, 2.75) is 109 Å². The zero-order chi connectivity index (χ0) is 30.8. The van der Waals surface area contributed by atoms with E-state index in [4.69, 9.17) is 23.7 Å². The van der Waals surface area contributed by atoms with Gasteiger partial charge in [0.05, 0.1) is 44.2 Å². The summed E-state index contributed by atoms with van der Waals surface area (Å²) in [6.07, 6.45) is -4.83. The molecule has 2 heterocycles. The molecule has 8 nitrogen and oxygen atoms in total. The highest BCUT2D eigenvalue weighted by Crippen LogP contribution is 2.27. The summed E-state index contributed by atoms with van der Waals surface area (Å²) in [6.45, 7) is 8.74. The third kappa shape index (κ3) is 9.41. The van der Waals surface area contributed by atoms with Gasteiger partial charge in [-0.25, -0.2) is 0 Å². The van der Waals surface area contributed by atoms with Crippen LogP contribution >= 0.6 is 0 Å². The van der Waals surface area contributed by atoms with Gasteiger partial charge in [0.1, 0.15) is 36.6 Å². The molecule has 3 aromatic carbocycles. The Morgan fingerprint density at radius 1 is 0.442 bits per heavy atom. The van der Waals surface area contributed by atoms with Gasteiger partial charge in [-0.05, 0) is 44.4 Å². The van der Waals surface area contributed by atoms with E-state index in [0.29, 0.717) is 19.8 Å². The molecule has 2 fully saturated rings. The van der Waals surface area contributed by atoms with Crippen molar-refractivity contribution in [1.29, 1.82) is 0 Å². The normalized spacial score (nSPS) is 32.4. The molecule has 0 bridgehead atoms. The van der Waals surface area contributed by atoms with Gasteiger partial charge in [0, 0.05) is 0 Å². The Morgan fingerprint density at radius 2 is 0.791 bits per heavy atom. The number of rotatable bonds is 9. The van der Waals surface area contributed by atoms with Gasteiger partial charge in [0.2, 0.25) is 0 Å². The van der Waals surface area contributed by atoms with Crippen LogP contribution < -0.4 is 0 Å². The van der Waals surface area contributed by atoms with Crippen molar-refractivity contribution in [1.82, 2.24) is 0 Å². The Hall–Kier alpha value is -2.66. The van der Waals surface area contributed by atoms with Crippen LogP contribution in [0.3, 0.4) is 0 Å². The number of benzene rings is 3. The minimum atomic E-state index is -0.910. The van der Waals surface area contributed by atoms with Crippen LogP contribution in [0.2, 0.25) is 0 Å². The third-order valence-corrected chi connectivity index (χ3v) is 7.95. The first kappa shape index (κ1) is 33.2. The maximum Gasteiger partial charge on any atom is 0.115 e. The minimum Gasteiger partial charge on any atom is -0.388 e. The number of aliphatic hydroxyl groups excluding tert-OH is 3. The molecule has 10 atom stereocenters. The molecule has 0 aromatic heterocycles. The van der Waals surface area contributed by atoms with E-state index in [1.54, 1.807) is 6.92 Å². The first-order valence-corrected chi connectivity index (χ1v) is 15.1. The van der Waals surface area contributed by atoms with Crippen LogP contribution in [0.15, 0.2) is 91.0 Å². The minimum absolute atomic E-state index is 0.150. The Kier molecular flexibility index (Phi) is 12.7. The molecule has 2 aliphatic rings. The predicted octanol–water partition coefficient (Wildman–Crippen LogP) is 4.43. The summed E-state index contributed by atoms with van der Waals surface area (Å²) in [5.74, 6) is 0. The van der Waals surface area contributed by atoms with Gasteiger partial charge < -0.3 is 39.0 Å². The van der Waals surface area contributed by atoms with Crippen LogP contribution in [0.1, 0.15) is 44.4 Å². The second kappa shape index (κ2) is 16.4. The molecule has 0 amide bonds. The standard InChI is InChI=1S/C21H26O4.C14H20O4/c1-15-19(22)21(24-14-18-11-7-4-8-12-18)20(16(2)25-15)23-13-17-9-5-3-6-10-17;1-9-12(15)13(16)14(10(2)18-9)17-8-11-6-4-3-5-7-11/h3-12,15-16,19-22H,13-14H2,1-2H3;3-7,9-10,12-16H,8H2,1-2H3/t15-,16?,19?,20-,21+;9-,10?,12?,13+,14-/m00/s1. The molecule has 8 heteroatoms. The SMILES string of the molecule is CC1O[C@@H](C)C(O)[C@@H](O)[C@H]1OCc1ccccc1.CC1O[C@@H](C)C(O)[C@@H](OCc2ccccc2)[C@H]1OCc1ccccc1. The van der Waals surface area contributed by atoms with E-state index in [1.165, 1.54) is 0 Å². The van der Waals surface area contributed by atoms with Crippen LogP contribution in [0.5, 0.6) is 0 Å². The van der Waals surface area contributed by atoms with Crippen molar-refractivity contribution >= 4 is 0 Å². The summed E-state index contributed by atoms with van der Waals surface area (Å²) < 4.78 is 29.2. The number of hydrogen-bond acceptors (Lipinski definition) is 8. The summed E-state index contributed by atoms with van der Waals surface area (Å²) in [4.78, 5) is 0. The fraction of sp³-hybridized carbons (Fsp3) is 0.486. The Bertz CT molecular complexity index is 1180. The fourth-order valence-electron chi connectivity index (χ4n) is 5.43. The average molecular weight is 595 g/mol. The van der Waals surface area contributed by atoms with Gasteiger partial charge in [0.25, 0.3) is 0 Å². The maximum absolute atomic E-state index is 10.6. The first-order valence-electron chi connectivity index (χ1n) is 15.1. The van der Waals surface area contributed by atoms with Crippen LogP contribution in [0.25, 0.3) is 0 Å². The van der Waals surface area contributed by atoms with Crippen molar-refractivity contribution in [2.24, 2.45) is 0 Å². The molecule has 4 unspecified atom stereocenters. The fourth-order valence-corrected chi connectivity index (χ4v) is 5.43. The molecule has 5 rings (SSSR count). The van der Waals surface area contributed by atoms with Crippen molar-refractivity contribution in [3.8, 4) is 0 Å². The lowest BCUT2D eigenvalue weighted by atomic mass is 9.96. The predicted molar refractivity (Wildman–Crippen MR) is 163 cm³/mol. The molecular weight excluding hydrogens is 548 g/mol. The third-order valence-electron chi connectivity index (χ3n) is 7.95. The largest absolute Gasteiger partial charge is 0.388 e. The number of aliphatic hydroxyl groups is 3. The lowest BCUT2D eigenvalue weighted by Crippen LogP contribution is -2.57. The van der Waals surface area contributed by atoms with Crippen molar-refractivity contribution < 1.29 is 39.0 Å². The lowest BCUT2D eigenvalue weighted by molar-refractivity contribution is -0.244. The van der Waals surface area contributed by atoms with Gasteiger partial charge >= 0.3 is 0 Å². The van der Waals surface area contributed by atoms with Gasteiger partial charge in [-0.2, -0.15) is 0 Å². The van der Waals surface area contributed by atoms with Crippen molar-refractivity contribution in [3.63, 3.8) is 0 Å². The summed E-state index contributed by atoms with van der Waals surface area (Å²) in [5, 5.41) is 30.3. The van der Waals surface area contributed by atoms with Crippen LogP contribution in [-0.4, -0.2) is 76.4 Å². The van der Waals surface area contributed by atoms with E-state index in [1.807, 2.05) is 112 Å². The van der Waals surface area contributed by atoms with E-state index in [2.05, 4.69) is 0 Å². The highest BCUT2D eigenvalue weighted by atomic mass is 16.6. The van der Waals surface area contributed by atoms with Crippen LogP contribution in [0.4, 0.5) is 0 Å². The molecule has 234 valence electrons. The molecule has 0 saturated carbocycles. The Labute approximate surface area is 255 Å². The zero-order valence-electron chi connectivity index (χ0n) is 25.4. The van der Waals surface area contributed by atoms with E-state index < -0.39 is 30.5 Å². The molecule has 0 radical (unpaired) electrons. The van der Waals surface area contributed by atoms with E-state index in [-0.39, 0.29) is 30.5 Å². The van der Waals surface area contributed by atoms with Crippen molar-refractivity contribution in [3.05, 3.63) is 108 Å². The number of ether oxygens (including phenoxy) is 5. The zero-order valence-corrected chi connectivity index (χ0v) is 25.4. The summed E-state index contributed by atoms with van der Waals surface area (Å²) >= 11 is 0. The topological polar surface area (TPSA) is 107 Å². The molecule has 43 heavy (non-hydrogen) atoms. The average Bonchev–Trinajstić information content (AvgIpc) is 3.02. The van der Waals surface area contributed by atoms with Gasteiger partial charge in [-0.15, -0.1) is 0 Å². The molecule has 3 N–H and O–H groups in total. The molecule has 2 saturated heterocycles. The molecule has 0 spiro atoms. The summed E-state index contributed by atoms with van der Waals surface area (Å²) in [7, 11) is 0. The summed E-state index contributed by atoms with van der Waals surface area (Å²) in [5.41, 5.74) is 3.19. The Morgan fingerprint density at radius 3 is 1.23 bits per heavy atom. The van der Waals surface area contributed by atoms with Crippen molar-refractivity contribution in [2.75, 3.05) is 0 Å². The maximum atomic E-state index is 10.6. The monoisotopic (exact) mass is 594 g/mol. The number of hydrogen-bond donors (Lipinski definition) is 3. The second-order valence-electron chi connectivity index (χ2n) is 11.3. The lowest BCUT2D eigenvalue weighted by Gasteiger charge is -2.42.